The molecule has 33 heavy (non-hydrogen) atoms. The Kier molecular flexibility index (Phi) is 6.77. The van der Waals surface area contributed by atoms with Gasteiger partial charge >= 0.3 is 0 Å². The Bertz CT molecular complexity index is 1250. The lowest BCUT2D eigenvalue weighted by atomic mass is 10.1. The number of nitrogens with zero attached hydrogens (tertiary/aromatic N) is 4. The van der Waals surface area contributed by atoms with Crippen molar-refractivity contribution >= 4 is 16.6 Å². The summed E-state index contributed by atoms with van der Waals surface area (Å²) in [5, 5.41) is 14.7. The van der Waals surface area contributed by atoms with Crippen LogP contribution in [0.15, 0.2) is 42.7 Å². The number of methoxy groups -OCH3 is 1. The third-order valence-electron chi connectivity index (χ3n) is 5.90. The van der Waals surface area contributed by atoms with Crippen molar-refractivity contribution in [2.45, 2.75) is 40.5 Å². The fraction of sp³-hybridized carbons (Fsp3) is 0.346. The largest absolute Gasteiger partial charge is 0.494 e. The lowest BCUT2D eigenvalue weighted by molar-refractivity contribution is 0.336. The second-order valence-electron chi connectivity index (χ2n) is 8.05. The zero-order valence-corrected chi connectivity index (χ0v) is 20.0. The van der Waals surface area contributed by atoms with Crippen LogP contribution < -0.4 is 14.8 Å². The SMILES string of the molecule is CCOc1ccc(-n2c(C)c3c(C)nnc(NCCCc4cccnc4)c3c2C)c(OC)c1. The van der Waals surface area contributed by atoms with E-state index >= 15 is 0 Å². The van der Waals surface area contributed by atoms with E-state index in [0.717, 1.165) is 70.2 Å². The normalized spacial score (nSPS) is 11.1. The van der Waals surface area contributed by atoms with Crippen LogP contribution in [0.25, 0.3) is 16.5 Å². The number of rotatable bonds is 9. The standard InChI is InChI=1S/C26H31N5O2/c1-6-33-21-11-12-22(23(15-21)32-5)31-18(3)24-17(2)29-30-26(25(24)19(31)4)28-14-8-10-20-9-7-13-27-16-20/h7,9,11-13,15-16H,6,8,10,14H2,1-5H3,(H,28,30). The van der Waals surface area contributed by atoms with Crippen molar-refractivity contribution in [2.75, 3.05) is 25.6 Å². The number of aryl methyl sites for hydroxylation is 4. The van der Waals surface area contributed by atoms with Gasteiger partial charge in [-0.25, -0.2) is 0 Å². The molecule has 0 fully saturated rings. The summed E-state index contributed by atoms with van der Waals surface area (Å²) < 4.78 is 13.6. The number of hydrogen-bond donors (Lipinski definition) is 1. The molecule has 0 saturated heterocycles. The highest BCUT2D eigenvalue weighted by Crippen LogP contribution is 2.37. The van der Waals surface area contributed by atoms with Crippen molar-refractivity contribution in [2.24, 2.45) is 0 Å². The summed E-state index contributed by atoms with van der Waals surface area (Å²) >= 11 is 0. The topological polar surface area (TPSA) is 74.1 Å². The highest BCUT2D eigenvalue weighted by Gasteiger charge is 2.21. The van der Waals surface area contributed by atoms with Crippen LogP contribution in [0.5, 0.6) is 11.5 Å². The molecule has 0 spiro atoms. The van der Waals surface area contributed by atoms with Gasteiger partial charge in [-0.05, 0) is 64.3 Å². The van der Waals surface area contributed by atoms with Crippen LogP contribution in [0.1, 0.15) is 36.0 Å². The van der Waals surface area contributed by atoms with Crippen LogP contribution in [0.2, 0.25) is 0 Å². The van der Waals surface area contributed by atoms with E-state index in [2.05, 4.69) is 45.0 Å². The maximum Gasteiger partial charge on any atom is 0.158 e. The number of anilines is 1. The third-order valence-corrected chi connectivity index (χ3v) is 5.90. The molecule has 0 bridgehead atoms. The summed E-state index contributed by atoms with van der Waals surface area (Å²) in [6.45, 7) is 9.63. The second-order valence-corrected chi connectivity index (χ2v) is 8.05. The number of fused-ring (bicyclic) bond motifs is 1. The minimum Gasteiger partial charge on any atom is -0.494 e. The van der Waals surface area contributed by atoms with E-state index in [9.17, 15) is 0 Å². The van der Waals surface area contributed by atoms with Gasteiger partial charge < -0.3 is 19.4 Å². The Balaban J connectivity index is 1.68. The molecule has 172 valence electrons. The summed E-state index contributed by atoms with van der Waals surface area (Å²) in [5.74, 6) is 2.36. The van der Waals surface area contributed by atoms with Gasteiger partial charge in [0.1, 0.15) is 11.5 Å². The predicted octanol–water partition coefficient (Wildman–Crippen LogP) is 5.19. The molecule has 0 radical (unpaired) electrons. The van der Waals surface area contributed by atoms with Crippen molar-refractivity contribution < 1.29 is 9.47 Å². The average molecular weight is 446 g/mol. The van der Waals surface area contributed by atoms with Gasteiger partial charge in [-0.1, -0.05) is 6.07 Å². The first-order valence-electron chi connectivity index (χ1n) is 11.3. The number of aromatic nitrogens is 4. The summed E-state index contributed by atoms with van der Waals surface area (Å²) in [6, 6.07) is 10.0. The van der Waals surface area contributed by atoms with Crippen LogP contribution in [-0.2, 0) is 6.42 Å². The molecule has 4 aromatic rings. The van der Waals surface area contributed by atoms with Gasteiger partial charge in [0.05, 0.1) is 25.1 Å². The van der Waals surface area contributed by atoms with E-state index in [1.54, 1.807) is 13.3 Å². The molecule has 0 aliphatic rings. The van der Waals surface area contributed by atoms with Crippen molar-refractivity contribution in [3.05, 3.63) is 65.4 Å². The second kappa shape index (κ2) is 9.90. The molecule has 3 heterocycles. The maximum absolute atomic E-state index is 5.72. The molecule has 7 heteroatoms. The molecule has 4 rings (SSSR count). The zero-order chi connectivity index (χ0) is 23.4. The highest BCUT2D eigenvalue weighted by atomic mass is 16.5. The molecule has 0 aliphatic heterocycles. The Hall–Kier alpha value is -3.61. The molecule has 0 atom stereocenters. The number of nitrogens with one attached hydrogen (secondary N) is 1. The average Bonchev–Trinajstić information content (AvgIpc) is 3.10. The van der Waals surface area contributed by atoms with Crippen LogP contribution >= 0.6 is 0 Å². The monoisotopic (exact) mass is 445 g/mol. The summed E-state index contributed by atoms with van der Waals surface area (Å²) in [5.41, 5.74) is 5.32. The molecule has 0 unspecified atom stereocenters. The van der Waals surface area contributed by atoms with Crippen molar-refractivity contribution in [3.63, 3.8) is 0 Å². The number of ether oxygens (including phenoxy) is 2. The van der Waals surface area contributed by atoms with E-state index in [-0.39, 0.29) is 0 Å². The molecular formula is C26H31N5O2. The maximum atomic E-state index is 5.72. The van der Waals surface area contributed by atoms with E-state index < -0.39 is 0 Å². The summed E-state index contributed by atoms with van der Waals surface area (Å²) in [7, 11) is 1.69. The Labute approximate surface area is 194 Å². The molecule has 1 N–H and O–H groups in total. The first-order chi connectivity index (χ1) is 16.0. The van der Waals surface area contributed by atoms with Gasteiger partial charge in [-0.2, -0.15) is 5.10 Å². The molecule has 7 nitrogen and oxygen atoms in total. The number of pyridine rings is 1. The van der Waals surface area contributed by atoms with Crippen LogP contribution in [0.4, 0.5) is 5.82 Å². The number of hydrogen-bond acceptors (Lipinski definition) is 6. The van der Waals surface area contributed by atoms with Gasteiger partial charge in [0.2, 0.25) is 0 Å². The van der Waals surface area contributed by atoms with E-state index in [1.807, 2.05) is 44.3 Å². The minimum absolute atomic E-state index is 0.611. The number of benzene rings is 1. The lowest BCUT2D eigenvalue weighted by Gasteiger charge is -2.15. The smallest absolute Gasteiger partial charge is 0.158 e. The van der Waals surface area contributed by atoms with E-state index in [1.165, 1.54) is 5.56 Å². The lowest BCUT2D eigenvalue weighted by Crippen LogP contribution is -2.07. The van der Waals surface area contributed by atoms with Gasteiger partial charge in [0, 0.05) is 47.2 Å². The van der Waals surface area contributed by atoms with Crippen LogP contribution in [0, 0.1) is 20.8 Å². The summed E-state index contributed by atoms with van der Waals surface area (Å²) in [4.78, 5) is 4.19. The fourth-order valence-electron chi connectivity index (χ4n) is 4.42. The minimum atomic E-state index is 0.611. The Morgan fingerprint density at radius 2 is 1.85 bits per heavy atom. The Morgan fingerprint density at radius 3 is 2.58 bits per heavy atom. The first-order valence-corrected chi connectivity index (χ1v) is 11.3. The van der Waals surface area contributed by atoms with Crippen molar-refractivity contribution in [1.82, 2.24) is 19.7 Å². The molecule has 3 aromatic heterocycles. The molecule has 1 aromatic carbocycles. The molecule has 0 saturated carbocycles. The quantitative estimate of drug-likeness (QED) is 0.357. The Morgan fingerprint density at radius 1 is 1.03 bits per heavy atom. The van der Waals surface area contributed by atoms with Crippen LogP contribution in [0.3, 0.4) is 0 Å². The zero-order valence-electron chi connectivity index (χ0n) is 20.0. The first kappa shape index (κ1) is 22.6. The van der Waals surface area contributed by atoms with Gasteiger partial charge in [0.15, 0.2) is 5.82 Å². The van der Waals surface area contributed by atoms with Crippen molar-refractivity contribution in [3.8, 4) is 17.2 Å². The molecule has 0 amide bonds. The van der Waals surface area contributed by atoms with Gasteiger partial charge in [-0.15, -0.1) is 5.10 Å². The predicted molar refractivity (Wildman–Crippen MR) is 132 cm³/mol. The molecular weight excluding hydrogens is 414 g/mol. The van der Waals surface area contributed by atoms with E-state index in [0.29, 0.717) is 6.61 Å². The van der Waals surface area contributed by atoms with Gasteiger partial charge in [-0.3, -0.25) is 4.98 Å². The summed E-state index contributed by atoms with van der Waals surface area (Å²) in [6.07, 6.45) is 5.66. The third kappa shape index (κ3) is 4.49. The fourth-order valence-corrected chi connectivity index (χ4v) is 4.42. The molecule has 0 aliphatic carbocycles. The van der Waals surface area contributed by atoms with Crippen LogP contribution in [-0.4, -0.2) is 40.0 Å². The van der Waals surface area contributed by atoms with Gasteiger partial charge in [0.25, 0.3) is 0 Å². The highest BCUT2D eigenvalue weighted by molar-refractivity contribution is 5.98. The van der Waals surface area contributed by atoms with E-state index in [4.69, 9.17) is 9.47 Å². The van der Waals surface area contributed by atoms with Crippen molar-refractivity contribution in [1.29, 1.82) is 0 Å².